The average Bonchev–Trinajstić information content (AvgIpc) is 2.70. The van der Waals surface area contributed by atoms with E-state index >= 15 is 0 Å². The summed E-state index contributed by atoms with van der Waals surface area (Å²) in [7, 11) is 1.92. The summed E-state index contributed by atoms with van der Waals surface area (Å²) in [5, 5.41) is 14.8. The molecule has 1 heterocycles. The normalized spacial score (nSPS) is 29.5. The lowest BCUT2D eigenvalue weighted by atomic mass is 10.0. The number of aliphatic hydroxyl groups is 1. The van der Waals surface area contributed by atoms with Crippen LogP contribution < -0.4 is 0 Å². The van der Waals surface area contributed by atoms with Crippen LogP contribution in [0.25, 0.3) is 0 Å². The van der Waals surface area contributed by atoms with Crippen molar-refractivity contribution in [2.45, 2.75) is 45.1 Å². The minimum Gasteiger partial charge on any atom is -0.385 e. The number of nitrogens with zero attached hydrogens (tertiary/aromatic N) is 2. The van der Waals surface area contributed by atoms with Gasteiger partial charge in [0.05, 0.1) is 11.3 Å². The topological polar surface area (TPSA) is 38.0 Å². The minimum absolute atomic E-state index is 0.456. The predicted molar refractivity (Wildman–Crippen MR) is 59.5 cm³/mol. The average molecular weight is 208 g/mol. The maximum atomic E-state index is 10.5. The smallest absolute Gasteiger partial charge is 0.0962 e. The Morgan fingerprint density at radius 2 is 2.33 bits per heavy atom. The Bertz CT molecular complexity index is 359. The fraction of sp³-hybridized carbons (Fsp3) is 0.750. The molecule has 1 fully saturated rings. The number of rotatable bonds is 4. The van der Waals surface area contributed by atoms with E-state index in [-0.39, 0.29) is 0 Å². The second kappa shape index (κ2) is 3.63. The lowest BCUT2D eigenvalue weighted by molar-refractivity contribution is 0.128. The Kier molecular flexibility index (Phi) is 2.59. The van der Waals surface area contributed by atoms with E-state index in [0.717, 1.165) is 36.9 Å². The SMILES string of the molecule is CCCC1CC1(O)c1cn(C)nc1CC. The zero-order valence-corrected chi connectivity index (χ0v) is 9.82. The highest BCUT2D eigenvalue weighted by atomic mass is 16.3. The molecular formula is C12H20N2O. The van der Waals surface area contributed by atoms with Gasteiger partial charge >= 0.3 is 0 Å². The maximum absolute atomic E-state index is 10.5. The van der Waals surface area contributed by atoms with Crippen molar-refractivity contribution in [2.24, 2.45) is 13.0 Å². The molecule has 0 aliphatic heterocycles. The Morgan fingerprint density at radius 1 is 1.60 bits per heavy atom. The molecule has 15 heavy (non-hydrogen) atoms. The molecule has 2 unspecified atom stereocenters. The summed E-state index contributed by atoms with van der Waals surface area (Å²) >= 11 is 0. The van der Waals surface area contributed by atoms with Crippen LogP contribution in [0, 0.1) is 5.92 Å². The molecule has 1 aliphatic carbocycles. The van der Waals surface area contributed by atoms with Crippen molar-refractivity contribution in [1.29, 1.82) is 0 Å². The van der Waals surface area contributed by atoms with E-state index in [1.54, 1.807) is 0 Å². The van der Waals surface area contributed by atoms with Crippen LogP contribution in [0.3, 0.4) is 0 Å². The van der Waals surface area contributed by atoms with Gasteiger partial charge in [-0.05, 0) is 25.2 Å². The van der Waals surface area contributed by atoms with Crippen LogP contribution in [-0.2, 0) is 19.1 Å². The van der Waals surface area contributed by atoms with Crippen molar-refractivity contribution in [3.8, 4) is 0 Å². The van der Waals surface area contributed by atoms with Gasteiger partial charge in [-0.15, -0.1) is 0 Å². The standard InChI is InChI=1S/C12H20N2O/c1-4-6-9-7-12(9,15)10-8-14(3)13-11(10)5-2/h8-9,15H,4-7H2,1-3H3. The second-order valence-corrected chi connectivity index (χ2v) is 4.63. The lowest BCUT2D eigenvalue weighted by Crippen LogP contribution is -2.10. The molecule has 0 aromatic carbocycles. The molecule has 0 spiro atoms. The van der Waals surface area contributed by atoms with Crippen LogP contribution >= 0.6 is 0 Å². The third kappa shape index (κ3) is 1.69. The van der Waals surface area contributed by atoms with E-state index in [4.69, 9.17) is 0 Å². The summed E-state index contributed by atoms with van der Waals surface area (Å²) in [5.41, 5.74) is 1.56. The summed E-state index contributed by atoms with van der Waals surface area (Å²) in [6.07, 6.45) is 6.06. The highest BCUT2D eigenvalue weighted by molar-refractivity contribution is 5.31. The molecule has 1 N–H and O–H groups in total. The quantitative estimate of drug-likeness (QED) is 0.821. The third-order valence-corrected chi connectivity index (χ3v) is 3.42. The fourth-order valence-electron chi connectivity index (χ4n) is 2.49. The van der Waals surface area contributed by atoms with Crippen molar-refractivity contribution < 1.29 is 5.11 Å². The Labute approximate surface area is 91.1 Å². The summed E-state index contributed by atoms with van der Waals surface area (Å²) in [6, 6.07) is 0. The molecular weight excluding hydrogens is 188 g/mol. The first kappa shape index (κ1) is 10.7. The van der Waals surface area contributed by atoms with Crippen LogP contribution in [0.5, 0.6) is 0 Å². The molecule has 1 aliphatic rings. The van der Waals surface area contributed by atoms with Gasteiger partial charge in [0.15, 0.2) is 0 Å². The Balaban J connectivity index is 2.23. The summed E-state index contributed by atoms with van der Waals surface area (Å²) in [4.78, 5) is 0. The number of hydrogen-bond donors (Lipinski definition) is 1. The third-order valence-electron chi connectivity index (χ3n) is 3.42. The molecule has 0 saturated heterocycles. The summed E-state index contributed by atoms with van der Waals surface area (Å²) in [6.45, 7) is 4.26. The summed E-state index contributed by atoms with van der Waals surface area (Å²) < 4.78 is 1.81. The van der Waals surface area contributed by atoms with Gasteiger partial charge in [-0.3, -0.25) is 4.68 Å². The number of aryl methyl sites for hydroxylation is 2. The molecule has 0 bridgehead atoms. The van der Waals surface area contributed by atoms with Crippen LogP contribution in [0.4, 0.5) is 0 Å². The fourth-order valence-corrected chi connectivity index (χ4v) is 2.49. The highest BCUT2D eigenvalue weighted by Crippen LogP contribution is 2.54. The lowest BCUT2D eigenvalue weighted by Gasteiger charge is -2.09. The van der Waals surface area contributed by atoms with Crippen molar-refractivity contribution in [3.63, 3.8) is 0 Å². The molecule has 0 radical (unpaired) electrons. The molecule has 2 rings (SSSR count). The first-order valence-electron chi connectivity index (χ1n) is 5.87. The van der Waals surface area contributed by atoms with Crippen LogP contribution in [0.15, 0.2) is 6.20 Å². The van der Waals surface area contributed by atoms with Gasteiger partial charge in [-0.1, -0.05) is 20.3 Å². The van der Waals surface area contributed by atoms with E-state index in [9.17, 15) is 5.11 Å². The van der Waals surface area contributed by atoms with Crippen LogP contribution in [0.1, 0.15) is 44.4 Å². The van der Waals surface area contributed by atoms with Crippen molar-refractivity contribution in [1.82, 2.24) is 9.78 Å². The van der Waals surface area contributed by atoms with Gasteiger partial charge in [-0.2, -0.15) is 5.10 Å². The molecule has 1 saturated carbocycles. The van der Waals surface area contributed by atoms with E-state index < -0.39 is 5.60 Å². The molecule has 2 atom stereocenters. The van der Waals surface area contributed by atoms with Gasteiger partial charge in [0.1, 0.15) is 0 Å². The molecule has 3 nitrogen and oxygen atoms in total. The molecule has 84 valence electrons. The largest absolute Gasteiger partial charge is 0.385 e. The van der Waals surface area contributed by atoms with E-state index in [1.165, 1.54) is 0 Å². The van der Waals surface area contributed by atoms with Gasteiger partial charge in [0, 0.05) is 18.8 Å². The number of hydrogen-bond acceptors (Lipinski definition) is 2. The van der Waals surface area contributed by atoms with E-state index in [2.05, 4.69) is 18.9 Å². The van der Waals surface area contributed by atoms with Crippen molar-refractivity contribution >= 4 is 0 Å². The van der Waals surface area contributed by atoms with Crippen molar-refractivity contribution in [2.75, 3.05) is 0 Å². The first-order chi connectivity index (χ1) is 7.11. The minimum atomic E-state index is -0.560. The zero-order valence-electron chi connectivity index (χ0n) is 9.82. The van der Waals surface area contributed by atoms with Gasteiger partial charge in [-0.25, -0.2) is 0 Å². The molecule has 1 aromatic heterocycles. The maximum Gasteiger partial charge on any atom is 0.0962 e. The molecule has 3 heteroatoms. The Morgan fingerprint density at radius 3 is 2.93 bits per heavy atom. The molecule has 0 amide bonds. The van der Waals surface area contributed by atoms with Gasteiger partial charge < -0.3 is 5.11 Å². The number of aromatic nitrogens is 2. The van der Waals surface area contributed by atoms with Gasteiger partial charge in [0.2, 0.25) is 0 Å². The molecule has 1 aromatic rings. The van der Waals surface area contributed by atoms with E-state index in [0.29, 0.717) is 5.92 Å². The van der Waals surface area contributed by atoms with Crippen molar-refractivity contribution in [3.05, 3.63) is 17.5 Å². The van der Waals surface area contributed by atoms with Crippen LogP contribution in [0.2, 0.25) is 0 Å². The first-order valence-corrected chi connectivity index (χ1v) is 5.87. The monoisotopic (exact) mass is 208 g/mol. The second-order valence-electron chi connectivity index (χ2n) is 4.63. The predicted octanol–water partition coefficient (Wildman–Crippen LogP) is 1.99. The highest BCUT2D eigenvalue weighted by Gasteiger charge is 2.54. The summed E-state index contributed by atoms with van der Waals surface area (Å²) in [5.74, 6) is 0.456. The van der Waals surface area contributed by atoms with Crippen LogP contribution in [-0.4, -0.2) is 14.9 Å². The van der Waals surface area contributed by atoms with Gasteiger partial charge in [0.25, 0.3) is 0 Å². The van der Waals surface area contributed by atoms with E-state index in [1.807, 2.05) is 17.9 Å². The zero-order chi connectivity index (χ0) is 11.1. The Hall–Kier alpha value is -0.830.